The summed E-state index contributed by atoms with van der Waals surface area (Å²) < 4.78 is 5.26. The molecule has 0 saturated heterocycles. The number of nitrogens with one attached hydrogen (secondary N) is 2. The van der Waals surface area contributed by atoms with Crippen molar-refractivity contribution in [2.24, 2.45) is 0 Å². The van der Waals surface area contributed by atoms with E-state index in [1.165, 1.54) is 31.2 Å². The van der Waals surface area contributed by atoms with E-state index in [1.807, 2.05) is 13.8 Å². The number of rotatable bonds is 5. The van der Waals surface area contributed by atoms with Gasteiger partial charge in [-0.2, -0.15) is 0 Å². The van der Waals surface area contributed by atoms with Crippen LogP contribution >= 0.6 is 0 Å². The van der Waals surface area contributed by atoms with Crippen LogP contribution in [-0.4, -0.2) is 27.9 Å². The molecule has 0 aliphatic carbocycles. The smallest absolute Gasteiger partial charge is 0.338 e. The van der Waals surface area contributed by atoms with Crippen LogP contribution in [0.15, 0.2) is 42.5 Å². The number of hydrogen-bond donors (Lipinski definition) is 2. The van der Waals surface area contributed by atoms with E-state index >= 15 is 0 Å². The lowest BCUT2D eigenvalue weighted by Gasteiger charge is -2.13. The second kappa shape index (κ2) is 7.51. The van der Waals surface area contributed by atoms with Crippen LogP contribution in [-0.2, 0) is 9.53 Å². The van der Waals surface area contributed by atoms with E-state index in [0.29, 0.717) is 11.3 Å². The van der Waals surface area contributed by atoms with E-state index in [9.17, 15) is 19.7 Å². The van der Waals surface area contributed by atoms with Crippen LogP contribution in [0.5, 0.6) is 0 Å². The molecule has 28 heavy (non-hydrogen) atoms. The van der Waals surface area contributed by atoms with Crippen LogP contribution in [0.2, 0.25) is 0 Å². The average Bonchev–Trinajstić information content (AvgIpc) is 2.95. The summed E-state index contributed by atoms with van der Waals surface area (Å²) in [5.74, 6) is -1.14. The molecular formula is C20H19N3O5. The Kier molecular flexibility index (Phi) is 5.12. The van der Waals surface area contributed by atoms with Crippen molar-refractivity contribution >= 4 is 34.2 Å². The summed E-state index contributed by atoms with van der Waals surface area (Å²) in [5, 5.41) is 14.2. The maximum atomic E-state index is 12.4. The molecule has 1 amide bonds. The fourth-order valence-corrected chi connectivity index (χ4v) is 2.78. The Morgan fingerprint density at radius 2 is 1.82 bits per heavy atom. The van der Waals surface area contributed by atoms with Crippen LogP contribution in [0.3, 0.4) is 0 Å². The Morgan fingerprint density at radius 1 is 1.14 bits per heavy atom. The number of hydrogen-bond acceptors (Lipinski definition) is 5. The molecule has 0 saturated carbocycles. The normalized spacial score (nSPS) is 11.8. The molecule has 2 aromatic carbocycles. The first-order valence-electron chi connectivity index (χ1n) is 8.61. The zero-order valence-corrected chi connectivity index (χ0v) is 15.6. The van der Waals surface area contributed by atoms with Crippen molar-refractivity contribution in [3.8, 4) is 0 Å². The van der Waals surface area contributed by atoms with Crippen LogP contribution in [0, 0.1) is 24.0 Å². The molecule has 2 N–H and O–H groups in total. The van der Waals surface area contributed by atoms with Crippen molar-refractivity contribution in [1.82, 2.24) is 4.98 Å². The third kappa shape index (κ3) is 3.85. The van der Waals surface area contributed by atoms with Crippen molar-refractivity contribution < 1.29 is 19.2 Å². The molecular weight excluding hydrogens is 362 g/mol. The molecule has 8 nitrogen and oxygen atoms in total. The molecule has 8 heteroatoms. The molecule has 0 radical (unpaired) electrons. The molecule has 0 aliphatic heterocycles. The van der Waals surface area contributed by atoms with Gasteiger partial charge in [-0.25, -0.2) is 4.79 Å². The molecule has 0 fully saturated rings. The van der Waals surface area contributed by atoms with Gasteiger partial charge in [0.15, 0.2) is 6.10 Å². The summed E-state index contributed by atoms with van der Waals surface area (Å²) in [4.78, 5) is 38.0. The van der Waals surface area contributed by atoms with Crippen molar-refractivity contribution in [3.05, 3.63) is 69.4 Å². The molecule has 0 spiro atoms. The number of anilines is 1. The second-order valence-corrected chi connectivity index (χ2v) is 6.48. The number of nitrogens with zero attached hydrogens (tertiary/aromatic N) is 1. The number of ether oxygens (including phenoxy) is 1. The highest BCUT2D eigenvalue weighted by molar-refractivity contribution is 5.99. The van der Waals surface area contributed by atoms with Gasteiger partial charge in [-0.1, -0.05) is 0 Å². The molecule has 0 bridgehead atoms. The van der Waals surface area contributed by atoms with Gasteiger partial charge in [0.25, 0.3) is 11.6 Å². The van der Waals surface area contributed by atoms with Gasteiger partial charge in [0.05, 0.1) is 10.5 Å². The minimum atomic E-state index is -1.03. The van der Waals surface area contributed by atoms with Gasteiger partial charge in [-0.05, 0) is 56.7 Å². The van der Waals surface area contributed by atoms with Gasteiger partial charge in [0, 0.05) is 34.4 Å². The first-order valence-corrected chi connectivity index (χ1v) is 8.61. The number of aromatic amines is 1. The quantitative estimate of drug-likeness (QED) is 0.395. The summed E-state index contributed by atoms with van der Waals surface area (Å²) in [6, 6.07) is 10.6. The van der Waals surface area contributed by atoms with E-state index in [1.54, 1.807) is 18.2 Å². The minimum absolute atomic E-state index is 0.0804. The number of fused-ring (bicyclic) bond motifs is 1. The molecule has 144 valence electrons. The van der Waals surface area contributed by atoms with Crippen LogP contribution < -0.4 is 5.32 Å². The lowest BCUT2D eigenvalue weighted by atomic mass is 10.1. The lowest BCUT2D eigenvalue weighted by Crippen LogP contribution is -2.30. The second-order valence-electron chi connectivity index (χ2n) is 6.48. The largest absolute Gasteiger partial charge is 0.449 e. The van der Waals surface area contributed by atoms with Gasteiger partial charge >= 0.3 is 5.97 Å². The summed E-state index contributed by atoms with van der Waals surface area (Å²) in [7, 11) is 0. The number of H-pyrrole nitrogens is 1. The SMILES string of the molecule is Cc1[nH]c2ccc(C(=O)O[C@@H](C)C(=O)Nc3ccc([N+](=O)[O-])cc3)cc2c1C. The van der Waals surface area contributed by atoms with Crippen molar-refractivity contribution in [3.63, 3.8) is 0 Å². The zero-order valence-electron chi connectivity index (χ0n) is 15.6. The van der Waals surface area contributed by atoms with E-state index < -0.39 is 22.9 Å². The van der Waals surface area contributed by atoms with Crippen LogP contribution in [0.25, 0.3) is 10.9 Å². The Labute approximate surface area is 160 Å². The number of nitro benzene ring substituents is 1. The number of aryl methyl sites for hydroxylation is 2. The number of benzene rings is 2. The first-order chi connectivity index (χ1) is 13.3. The number of carbonyl (C=O) groups is 2. The highest BCUT2D eigenvalue weighted by Crippen LogP contribution is 2.23. The molecule has 3 aromatic rings. The van der Waals surface area contributed by atoms with Gasteiger partial charge < -0.3 is 15.0 Å². The van der Waals surface area contributed by atoms with Gasteiger partial charge in [-0.15, -0.1) is 0 Å². The topological polar surface area (TPSA) is 114 Å². The van der Waals surface area contributed by atoms with Gasteiger partial charge in [0.2, 0.25) is 0 Å². The Bertz CT molecular complexity index is 1070. The number of non-ortho nitro benzene ring substituents is 1. The van der Waals surface area contributed by atoms with E-state index in [2.05, 4.69) is 10.3 Å². The highest BCUT2D eigenvalue weighted by atomic mass is 16.6. The maximum Gasteiger partial charge on any atom is 0.338 e. The van der Waals surface area contributed by atoms with Crippen LogP contribution in [0.4, 0.5) is 11.4 Å². The molecule has 1 heterocycles. The Hall–Kier alpha value is -3.68. The number of carbonyl (C=O) groups excluding carboxylic acids is 2. The average molecular weight is 381 g/mol. The van der Waals surface area contributed by atoms with E-state index in [-0.39, 0.29) is 5.69 Å². The molecule has 1 atom stereocenters. The summed E-state index contributed by atoms with van der Waals surface area (Å²) in [6.45, 7) is 5.38. The number of nitro groups is 1. The summed E-state index contributed by atoms with van der Waals surface area (Å²) in [6.07, 6.45) is -1.03. The Balaban J connectivity index is 1.67. The van der Waals surface area contributed by atoms with E-state index in [4.69, 9.17) is 4.74 Å². The standard InChI is InChI=1S/C20H19N3O5/c1-11-12(2)21-18-9-4-14(10-17(11)18)20(25)28-13(3)19(24)22-15-5-7-16(8-6-15)23(26)27/h4-10,13,21H,1-3H3,(H,22,24)/t13-/m0/s1. The van der Waals surface area contributed by atoms with Gasteiger partial charge in [0.1, 0.15) is 0 Å². The Morgan fingerprint density at radius 3 is 2.46 bits per heavy atom. The highest BCUT2D eigenvalue weighted by Gasteiger charge is 2.20. The number of esters is 1. The van der Waals surface area contributed by atoms with Crippen molar-refractivity contribution in [2.45, 2.75) is 26.9 Å². The third-order valence-corrected chi connectivity index (χ3v) is 4.54. The predicted molar refractivity (Wildman–Crippen MR) is 104 cm³/mol. The molecule has 0 aliphatic rings. The monoisotopic (exact) mass is 381 g/mol. The number of aromatic nitrogens is 1. The summed E-state index contributed by atoms with van der Waals surface area (Å²) in [5.41, 5.74) is 3.64. The van der Waals surface area contributed by atoms with Gasteiger partial charge in [-0.3, -0.25) is 14.9 Å². The maximum absolute atomic E-state index is 12.4. The molecule has 0 unspecified atom stereocenters. The number of amides is 1. The predicted octanol–water partition coefficient (Wildman–Crippen LogP) is 3.88. The molecule has 3 rings (SSSR count). The van der Waals surface area contributed by atoms with E-state index in [0.717, 1.165) is 22.2 Å². The minimum Gasteiger partial charge on any atom is -0.449 e. The lowest BCUT2D eigenvalue weighted by molar-refractivity contribution is -0.384. The first kappa shape index (κ1) is 19.1. The summed E-state index contributed by atoms with van der Waals surface area (Å²) >= 11 is 0. The zero-order chi connectivity index (χ0) is 20.4. The van der Waals surface area contributed by atoms with Crippen molar-refractivity contribution in [2.75, 3.05) is 5.32 Å². The molecule has 1 aromatic heterocycles. The van der Waals surface area contributed by atoms with Crippen LogP contribution in [0.1, 0.15) is 28.5 Å². The fraction of sp³-hybridized carbons (Fsp3) is 0.200. The third-order valence-electron chi connectivity index (χ3n) is 4.54. The van der Waals surface area contributed by atoms with Crippen molar-refractivity contribution in [1.29, 1.82) is 0 Å². The fourth-order valence-electron chi connectivity index (χ4n) is 2.78.